The zero-order chi connectivity index (χ0) is 18.8. The van der Waals surface area contributed by atoms with Crippen LogP contribution in [0.5, 0.6) is 0 Å². The average molecular weight is 367 g/mol. The van der Waals surface area contributed by atoms with Crippen LogP contribution >= 0.6 is 0 Å². The molecule has 27 heavy (non-hydrogen) atoms. The fourth-order valence-corrected chi connectivity index (χ4v) is 4.25. The standard InChI is InChI=1S/C22H30N4O/c1-3-5-19-15-21(25(2)24-19)22(27)23-18-9-8-16-10-12-26(20-6-4-7-20)13-11-17(16)14-18/h8-9,14-15,20H,3-7,10-13H2,1-2H3,(H,23,27). The van der Waals surface area contributed by atoms with Gasteiger partial charge in [-0.15, -0.1) is 0 Å². The van der Waals surface area contributed by atoms with E-state index in [0.717, 1.165) is 49.7 Å². The Morgan fingerprint density at radius 3 is 2.67 bits per heavy atom. The maximum absolute atomic E-state index is 12.7. The van der Waals surface area contributed by atoms with Gasteiger partial charge in [0, 0.05) is 31.9 Å². The van der Waals surface area contributed by atoms with E-state index in [4.69, 9.17) is 0 Å². The van der Waals surface area contributed by atoms with Crippen LogP contribution in [0.1, 0.15) is 59.9 Å². The zero-order valence-corrected chi connectivity index (χ0v) is 16.5. The summed E-state index contributed by atoms with van der Waals surface area (Å²) in [4.78, 5) is 15.4. The number of carbonyl (C=O) groups is 1. The number of nitrogens with one attached hydrogen (secondary N) is 1. The molecule has 1 N–H and O–H groups in total. The van der Waals surface area contributed by atoms with Gasteiger partial charge in [-0.3, -0.25) is 14.4 Å². The first-order valence-corrected chi connectivity index (χ1v) is 10.3. The lowest BCUT2D eigenvalue weighted by Crippen LogP contribution is -2.41. The van der Waals surface area contributed by atoms with E-state index < -0.39 is 0 Å². The maximum Gasteiger partial charge on any atom is 0.273 e. The summed E-state index contributed by atoms with van der Waals surface area (Å²) in [6.07, 6.45) is 8.23. The zero-order valence-electron chi connectivity index (χ0n) is 16.5. The molecule has 0 bridgehead atoms. The van der Waals surface area contributed by atoms with Gasteiger partial charge in [0.2, 0.25) is 0 Å². The summed E-state index contributed by atoms with van der Waals surface area (Å²) in [7, 11) is 1.83. The SMILES string of the molecule is CCCc1cc(C(=O)Nc2ccc3c(c2)CCN(C2CCC2)CC3)n(C)n1. The lowest BCUT2D eigenvalue weighted by molar-refractivity contribution is 0.101. The Morgan fingerprint density at radius 2 is 1.96 bits per heavy atom. The first kappa shape index (κ1) is 18.2. The number of carbonyl (C=O) groups excluding carboxylic acids is 1. The van der Waals surface area contributed by atoms with Crippen molar-refractivity contribution >= 4 is 11.6 Å². The fourth-order valence-electron chi connectivity index (χ4n) is 4.25. The molecule has 144 valence electrons. The number of aryl methyl sites for hydroxylation is 2. The molecule has 1 amide bonds. The monoisotopic (exact) mass is 366 g/mol. The van der Waals surface area contributed by atoms with Gasteiger partial charge >= 0.3 is 0 Å². The minimum Gasteiger partial charge on any atom is -0.321 e. The second kappa shape index (κ2) is 7.85. The number of hydrogen-bond acceptors (Lipinski definition) is 3. The van der Waals surface area contributed by atoms with Crippen molar-refractivity contribution in [3.8, 4) is 0 Å². The summed E-state index contributed by atoms with van der Waals surface area (Å²) in [5, 5.41) is 7.50. The number of benzene rings is 1. The molecule has 0 atom stereocenters. The van der Waals surface area contributed by atoms with E-state index in [9.17, 15) is 4.79 Å². The quantitative estimate of drug-likeness (QED) is 0.880. The molecule has 5 heteroatoms. The topological polar surface area (TPSA) is 50.2 Å². The van der Waals surface area contributed by atoms with Crippen LogP contribution in [0.2, 0.25) is 0 Å². The molecule has 2 heterocycles. The van der Waals surface area contributed by atoms with Gasteiger partial charge in [0.1, 0.15) is 5.69 Å². The van der Waals surface area contributed by atoms with Gasteiger partial charge in [-0.05, 0) is 61.4 Å². The van der Waals surface area contributed by atoms with Crippen molar-refractivity contribution in [2.45, 2.75) is 57.9 Å². The number of fused-ring (bicyclic) bond motifs is 1. The van der Waals surface area contributed by atoms with Crippen molar-refractivity contribution in [1.82, 2.24) is 14.7 Å². The van der Waals surface area contributed by atoms with E-state index in [1.165, 1.54) is 36.9 Å². The average Bonchev–Trinajstić information content (AvgIpc) is 2.85. The third kappa shape index (κ3) is 3.93. The van der Waals surface area contributed by atoms with Crippen LogP contribution in [0, 0.1) is 0 Å². The van der Waals surface area contributed by atoms with Crippen molar-refractivity contribution in [3.63, 3.8) is 0 Å². The van der Waals surface area contributed by atoms with Crippen molar-refractivity contribution in [2.75, 3.05) is 18.4 Å². The lowest BCUT2D eigenvalue weighted by atomic mass is 9.91. The molecule has 2 aliphatic rings. The van der Waals surface area contributed by atoms with Crippen molar-refractivity contribution in [3.05, 3.63) is 46.8 Å². The Hall–Kier alpha value is -2.14. The number of anilines is 1. The number of rotatable bonds is 5. The number of hydrogen-bond donors (Lipinski definition) is 1. The summed E-state index contributed by atoms with van der Waals surface area (Å²) in [6, 6.07) is 9.11. The molecule has 4 rings (SSSR count). The molecule has 1 aliphatic carbocycles. The van der Waals surface area contributed by atoms with Gasteiger partial charge < -0.3 is 5.32 Å². The summed E-state index contributed by atoms with van der Waals surface area (Å²) in [6.45, 7) is 4.42. The summed E-state index contributed by atoms with van der Waals surface area (Å²) in [5.41, 5.74) is 5.29. The van der Waals surface area contributed by atoms with Crippen LogP contribution in [0.4, 0.5) is 5.69 Å². The van der Waals surface area contributed by atoms with Crippen molar-refractivity contribution in [1.29, 1.82) is 0 Å². The van der Waals surface area contributed by atoms with Crippen LogP contribution in [0.3, 0.4) is 0 Å². The molecule has 2 aromatic rings. The van der Waals surface area contributed by atoms with Gasteiger partial charge in [0.05, 0.1) is 5.69 Å². The molecule has 1 aromatic carbocycles. The highest BCUT2D eigenvalue weighted by molar-refractivity contribution is 6.03. The lowest BCUT2D eigenvalue weighted by Gasteiger charge is -2.36. The van der Waals surface area contributed by atoms with E-state index in [-0.39, 0.29) is 5.91 Å². The molecule has 0 radical (unpaired) electrons. The Morgan fingerprint density at radius 1 is 1.19 bits per heavy atom. The maximum atomic E-state index is 12.7. The number of nitrogens with zero attached hydrogens (tertiary/aromatic N) is 3. The van der Waals surface area contributed by atoms with E-state index in [0.29, 0.717) is 5.69 Å². The predicted molar refractivity (Wildman–Crippen MR) is 108 cm³/mol. The molecule has 1 fully saturated rings. The van der Waals surface area contributed by atoms with Crippen LogP contribution in [-0.4, -0.2) is 39.7 Å². The van der Waals surface area contributed by atoms with Gasteiger partial charge in [0.25, 0.3) is 5.91 Å². The minimum atomic E-state index is -0.0861. The number of aromatic nitrogens is 2. The smallest absolute Gasteiger partial charge is 0.273 e. The predicted octanol–water partition coefficient (Wildman–Crippen LogP) is 3.58. The molecular formula is C22H30N4O. The van der Waals surface area contributed by atoms with Crippen molar-refractivity contribution < 1.29 is 4.79 Å². The van der Waals surface area contributed by atoms with Crippen LogP contribution < -0.4 is 5.32 Å². The molecule has 1 saturated carbocycles. The normalized spacial score (nSPS) is 17.9. The van der Waals surface area contributed by atoms with E-state index in [1.54, 1.807) is 4.68 Å². The first-order chi connectivity index (χ1) is 13.1. The van der Waals surface area contributed by atoms with Crippen LogP contribution in [0.25, 0.3) is 0 Å². The molecule has 1 aromatic heterocycles. The summed E-state index contributed by atoms with van der Waals surface area (Å²) >= 11 is 0. The van der Waals surface area contributed by atoms with E-state index >= 15 is 0 Å². The largest absolute Gasteiger partial charge is 0.321 e. The Balaban J connectivity index is 1.45. The van der Waals surface area contributed by atoms with Gasteiger partial charge in [-0.25, -0.2) is 0 Å². The summed E-state index contributed by atoms with van der Waals surface area (Å²) < 4.78 is 1.68. The van der Waals surface area contributed by atoms with Crippen LogP contribution in [-0.2, 0) is 26.3 Å². The van der Waals surface area contributed by atoms with Gasteiger partial charge in [0.15, 0.2) is 0 Å². The Labute approximate surface area is 161 Å². The highest BCUT2D eigenvalue weighted by Crippen LogP contribution is 2.28. The molecular weight excluding hydrogens is 336 g/mol. The summed E-state index contributed by atoms with van der Waals surface area (Å²) in [5.74, 6) is -0.0861. The van der Waals surface area contributed by atoms with E-state index in [2.05, 4.69) is 34.4 Å². The second-order valence-electron chi connectivity index (χ2n) is 7.95. The Bertz CT molecular complexity index is 822. The molecule has 0 unspecified atom stereocenters. The first-order valence-electron chi connectivity index (χ1n) is 10.3. The van der Waals surface area contributed by atoms with E-state index in [1.807, 2.05) is 19.2 Å². The molecule has 5 nitrogen and oxygen atoms in total. The number of amides is 1. The van der Waals surface area contributed by atoms with Crippen LogP contribution in [0.15, 0.2) is 24.3 Å². The molecule has 1 aliphatic heterocycles. The minimum absolute atomic E-state index is 0.0861. The molecule has 0 saturated heterocycles. The fraction of sp³-hybridized carbons (Fsp3) is 0.545. The third-order valence-corrected chi connectivity index (χ3v) is 6.06. The third-order valence-electron chi connectivity index (χ3n) is 6.06. The van der Waals surface area contributed by atoms with Crippen molar-refractivity contribution in [2.24, 2.45) is 7.05 Å². The highest BCUT2D eigenvalue weighted by Gasteiger charge is 2.26. The Kier molecular flexibility index (Phi) is 5.30. The van der Waals surface area contributed by atoms with Gasteiger partial charge in [-0.2, -0.15) is 5.10 Å². The second-order valence-corrected chi connectivity index (χ2v) is 7.95. The molecule has 0 spiro atoms. The van der Waals surface area contributed by atoms with Gasteiger partial charge in [-0.1, -0.05) is 25.8 Å². The highest BCUT2D eigenvalue weighted by atomic mass is 16.2.